The Morgan fingerprint density at radius 1 is 1.00 bits per heavy atom. The average Bonchev–Trinajstić information content (AvgIpc) is 3.03. The van der Waals surface area contributed by atoms with Crippen LogP contribution in [-0.2, 0) is 0 Å². The van der Waals surface area contributed by atoms with Gasteiger partial charge in [0.2, 0.25) is 0 Å². The molecule has 0 aliphatic heterocycles. The largest absolute Gasteiger partial charge is 0.455 e. The first-order chi connectivity index (χ1) is 11.2. The van der Waals surface area contributed by atoms with Crippen LogP contribution in [0.4, 0.5) is 14.5 Å². The van der Waals surface area contributed by atoms with Gasteiger partial charge in [-0.2, -0.15) is 5.26 Å². The van der Waals surface area contributed by atoms with Gasteiger partial charge in [-0.1, -0.05) is 0 Å². The zero-order valence-electron chi connectivity index (χ0n) is 11.8. The van der Waals surface area contributed by atoms with Crippen LogP contribution in [0, 0.1) is 23.0 Å². The second-order valence-corrected chi connectivity index (χ2v) is 4.75. The van der Waals surface area contributed by atoms with E-state index in [1.54, 1.807) is 36.4 Å². The smallest absolute Gasteiger partial charge is 0.151 e. The maximum Gasteiger partial charge on any atom is 0.151 e. The first kappa shape index (κ1) is 14.7. The van der Waals surface area contributed by atoms with Crippen LogP contribution in [0.5, 0.6) is 0 Å². The van der Waals surface area contributed by atoms with Crippen LogP contribution in [0.1, 0.15) is 11.3 Å². The average molecular weight is 308 g/mol. The summed E-state index contributed by atoms with van der Waals surface area (Å²) in [7, 11) is 0. The number of nitrogens with zero attached hydrogens (tertiary/aromatic N) is 2. The van der Waals surface area contributed by atoms with Crippen molar-refractivity contribution in [1.29, 1.82) is 5.26 Å². The highest BCUT2D eigenvalue weighted by Crippen LogP contribution is 2.23. The molecule has 23 heavy (non-hydrogen) atoms. The van der Waals surface area contributed by atoms with E-state index >= 15 is 0 Å². The molecule has 1 aromatic heterocycles. The molecule has 0 amide bonds. The number of rotatable bonds is 3. The molecule has 0 aliphatic rings. The van der Waals surface area contributed by atoms with Gasteiger partial charge in [0, 0.05) is 11.6 Å². The molecule has 112 valence electrons. The highest BCUT2D eigenvalue weighted by atomic mass is 19.1. The lowest BCUT2D eigenvalue weighted by Crippen LogP contribution is -1.81. The van der Waals surface area contributed by atoms with Crippen molar-refractivity contribution >= 4 is 11.9 Å². The molecule has 0 fully saturated rings. The molecule has 1 heterocycles. The molecule has 0 aliphatic carbocycles. The number of nitriles is 1. The Bertz CT molecular complexity index is 906. The molecule has 0 atom stereocenters. The molecule has 0 radical (unpaired) electrons. The second-order valence-electron chi connectivity index (χ2n) is 4.75. The Kier molecular flexibility index (Phi) is 3.98. The summed E-state index contributed by atoms with van der Waals surface area (Å²) in [6.45, 7) is 0. The molecule has 0 saturated heterocycles. The van der Waals surface area contributed by atoms with Crippen molar-refractivity contribution in [2.75, 3.05) is 0 Å². The van der Waals surface area contributed by atoms with E-state index in [1.807, 2.05) is 6.07 Å². The maximum atomic E-state index is 13.5. The first-order valence-corrected chi connectivity index (χ1v) is 6.75. The highest BCUT2D eigenvalue weighted by Gasteiger charge is 2.05. The lowest BCUT2D eigenvalue weighted by Gasteiger charge is -1.97. The van der Waals surface area contributed by atoms with Gasteiger partial charge in [-0.3, -0.25) is 0 Å². The molecule has 0 N–H and O–H groups in total. The molecular formula is C18H10F2N2O. The molecule has 3 rings (SSSR count). The molecule has 0 saturated carbocycles. The predicted octanol–water partition coefficient (Wildman–Crippen LogP) is 4.85. The summed E-state index contributed by atoms with van der Waals surface area (Å²) < 4.78 is 31.9. The van der Waals surface area contributed by atoms with Crippen molar-refractivity contribution in [3.8, 4) is 17.4 Å². The minimum Gasteiger partial charge on any atom is -0.455 e. The molecule has 0 bridgehead atoms. The van der Waals surface area contributed by atoms with Gasteiger partial charge < -0.3 is 4.42 Å². The summed E-state index contributed by atoms with van der Waals surface area (Å²) in [6, 6.07) is 15.6. The number of hydrogen-bond donors (Lipinski definition) is 0. The SMILES string of the molecule is N#Cc1ccc(-c2ccc(C=Nc3ccc(F)cc3F)o2)cc1. The van der Waals surface area contributed by atoms with Crippen LogP contribution in [0.3, 0.4) is 0 Å². The van der Waals surface area contributed by atoms with E-state index in [4.69, 9.17) is 9.68 Å². The van der Waals surface area contributed by atoms with Crippen molar-refractivity contribution in [2.24, 2.45) is 4.99 Å². The minimum atomic E-state index is -0.736. The summed E-state index contributed by atoms with van der Waals surface area (Å²) >= 11 is 0. The predicted molar refractivity (Wildman–Crippen MR) is 82.5 cm³/mol. The van der Waals surface area contributed by atoms with Crippen LogP contribution >= 0.6 is 0 Å². The van der Waals surface area contributed by atoms with E-state index in [1.165, 1.54) is 12.3 Å². The summed E-state index contributed by atoms with van der Waals surface area (Å²) in [4.78, 5) is 3.95. The van der Waals surface area contributed by atoms with Crippen LogP contribution in [0.15, 0.2) is 64.0 Å². The minimum absolute atomic E-state index is 0.0303. The molecule has 3 nitrogen and oxygen atoms in total. The van der Waals surface area contributed by atoms with Crippen molar-refractivity contribution in [1.82, 2.24) is 0 Å². The molecule has 3 aromatic rings. The molecular weight excluding hydrogens is 298 g/mol. The Morgan fingerprint density at radius 3 is 2.48 bits per heavy atom. The van der Waals surface area contributed by atoms with E-state index in [-0.39, 0.29) is 5.69 Å². The third-order valence-electron chi connectivity index (χ3n) is 3.17. The van der Waals surface area contributed by atoms with E-state index in [9.17, 15) is 8.78 Å². The maximum absolute atomic E-state index is 13.5. The number of benzene rings is 2. The van der Waals surface area contributed by atoms with Crippen LogP contribution in [0.2, 0.25) is 0 Å². The van der Waals surface area contributed by atoms with E-state index < -0.39 is 11.6 Å². The fourth-order valence-corrected chi connectivity index (χ4v) is 2.01. The molecule has 2 aromatic carbocycles. The van der Waals surface area contributed by atoms with Gasteiger partial charge in [0.25, 0.3) is 0 Å². The van der Waals surface area contributed by atoms with Gasteiger partial charge in [-0.05, 0) is 48.5 Å². The van der Waals surface area contributed by atoms with E-state index in [2.05, 4.69) is 4.99 Å². The molecule has 5 heteroatoms. The standard InChI is InChI=1S/C18H10F2N2O/c19-14-5-7-17(16(20)9-14)22-11-15-6-8-18(23-15)13-3-1-12(10-21)2-4-13/h1-9,11H. The zero-order valence-corrected chi connectivity index (χ0v) is 11.8. The van der Waals surface area contributed by atoms with Crippen molar-refractivity contribution < 1.29 is 13.2 Å². The van der Waals surface area contributed by atoms with Crippen LogP contribution < -0.4 is 0 Å². The van der Waals surface area contributed by atoms with Crippen molar-refractivity contribution in [3.05, 3.63) is 77.6 Å². The van der Waals surface area contributed by atoms with Crippen molar-refractivity contribution in [3.63, 3.8) is 0 Å². The summed E-state index contributed by atoms with van der Waals surface area (Å²) in [5.41, 5.74) is 1.41. The fourth-order valence-electron chi connectivity index (χ4n) is 2.01. The number of furan rings is 1. The Morgan fingerprint density at radius 2 is 1.78 bits per heavy atom. The summed E-state index contributed by atoms with van der Waals surface area (Å²) in [5.74, 6) is -0.341. The number of hydrogen-bond acceptors (Lipinski definition) is 3. The summed E-state index contributed by atoms with van der Waals surface area (Å²) in [6.07, 6.45) is 1.36. The lowest BCUT2D eigenvalue weighted by atomic mass is 10.1. The monoisotopic (exact) mass is 308 g/mol. The van der Waals surface area contributed by atoms with Crippen molar-refractivity contribution in [2.45, 2.75) is 0 Å². The van der Waals surface area contributed by atoms with Gasteiger partial charge >= 0.3 is 0 Å². The first-order valence-electron chi connectivity index (χ1n) is 6.75. The lowest BCUT2D eigenvalue weighted by molar-refractivity contribution is 0.574. The quantitative estimate of drug-likeness (QED) is 0.650. The number of halogens is 2. The van der Waals surface area contributed by atoms with E-state index in [0.717, 1.165) is 17.7 Å². The van der Waals surface area contributed by atoms with Gasteiger partial charge in [0.1, 0.15) is 17.3 Å². The van der Waals surface area contributed by atoms with Gasteiger partial charge in [0.15, 0.2) is 5.82 Å². The zero-order chi connectivity index (χ0) is 16.2. The highest BCUT2D eigenvalue weighted by molar-refractivity contribution is 5.80. The van der Waals surface area contributed by atoms with Gasteiger partial charge in [-0.25, -0.2) is 13.8 Å². The third kappa shape index (κ3) is 3.33. The van der Waals surface area contributed by atoms with Gasteiger partial charge in [0.05, 0.1) is 23.5 Å². The molecule has 0 unspecified atom stereocenters. The topological polar surface area (TPSA) is 49.3 Å². The third-order valence-corrected chi connectivity index (χ3v) is 3.17. The Hall–Kier alpha value is -3.26. The Labute approximate surface area is 131 Å². The van der Waals surface area contributed by atoms with Gasteiger partial charge in [-0.15, -0.1) is 0 Å². The second kappa shape index (κ2) is 6.24. The Balaban J connectivity index is 1.81. The summed E-state index contributed by atoms with van der Waals surface area (Å²) in [5, 5.41) is 8.78. The van der Waals surface area contributed by atoms with Crippen LogP contribution in [0.25, 0.3) is 11.3 Å². The van der Waals surface area contributed by atoms with Crippen LogP contribution in [-0.4, -0.2) is 6.21 Å². The molecule has 0 spiro atoms. The van der Waals surface area contributed by atoms with E-state index in [0.29, 0.717) is 17.1 Å². The normalized spacial score (nSPS) is 10.8. The number of aliphatic imine (C=N–C) groups is 1. The fraction of sp³-hybridized carbons (Fsp3) is 0.